The molecule has 1 aromatic carbocycles. The lowest BCUT2D eigenvalue weighted by molar-refractivity contribution is -0.139. The summed E-state index contributed by atoms with van der Waals surface area (Å²) in [5.74, 6) is -0.189. The maximum absolute atomic E-state index is 11.3. The highest BCUT2D eigenvalue weighted by Gasteiger charge is 2.15. The molecule has 0 saturated carbocycles. The highest BCUT2D eigenvalue weighted by atomic mass is 16.5. The molecule has 0 saturated heterocycles. The molecule has 1 heterocycles. The standard InChI is InChI=1S/C14H15NO2/c1-17-14(16)7-11-8-15-13-6-10-4-2-3-9(10)5-12(11)13/h5-6,8,15H,2-4,7H2,1H3. The molecular weight excluding hydrogens is 214 g/mol. The topological polar surface area (TPSA) is 42.1 Å². The number of hydrogen-bond acceptors (Lipinski definition) is 2. The summed E-state index contributed by atoms with van der Waals surface area (Å²) >= 11 is 0. The summed E-state index contributed by atoms with van der Waals surface area (Å²) in [6, 6.07) is 4.45. The van der Waals surface area contributed by atoms with E-state index in [0.29, 0.717) is 6.42 Å². The summed E-state index contributed by atoms with van der Waals surface area (Å²) in [7, 11) is 1.43. The number of aromatic nitrogens is 1. The maximum Gasteiger partial charge on any atom is 0.310 e. The summed E-state index contributed by atoms with van der Waals surface area (Å²) in [5, 5.41) is 1.16. The largest absolute Gasteiger partial charge is 0.469 e. The molecule has 0 radical (unpaired) electrons. The molecule has 1 N–H and O–H groups in total. The minimum absolute atomic E-state index is 0.189. The van der Waals surface area contributed by atoms with Gasteiger partial charge in [-0.25, -0.2) is 0 Å². The first-order valence-corrected chi connectivity index (χ1v) is 5.96. The van der Waals surface area contributed by atoms with Gasteiger partial charge in [0, 0.05) is 17.1 Å². The molecule has 0 aliphatic heterocycles. The van der Waals surface area contributed by atoms with Gasteiger partial charge in [0.15, 0.2) is 0 Å². The molecule has 3 rings (SSSR count). The zero-order chi connectivity index (χ0) is 11.8. The van der Waals surface area contributed by atoms with Crippen molar-refractivity contribution in [3.05, 3.63) is 35.0 Å². The van der Waals surface area contributed by atoms with E-state index in [1.807, 2.05) is 6.20 Å². The van der Waals surface area contributed by atoms with Crippen molar-refractivity contribution in [1.82, 2.24) is 4.98 Å². The fraction of sp³-hybridized carbons (Fsp3) is 0.357. The molecule has 0 amide bonds. The summed E-state index contributed by atoms with van der Waals surface area (Å²) in [6.07, 6.45) is 5.84. The van der Waals surface area contributed by atoms with Crippen LogP contribution in [0.3, 0.4) is 0 Å². The Morgan fingerprint density at radius 2 is 2.12 bits per heavy atom. The van der Waals surface area contributed by atoms with Gasteiger partial charge in [0.25, 0.3) is 0 Å². The number of nitrogens with one attached hydrogen (secondary N) is 1. The fourth-order valence-electron chi connectivity index (χ4n) is 2.63. The van der Waals surface area contributed by atoms with Crippen LogP contribution in [-0.4, -0.2) is 18.1 Å². The monoisotopic (exact) mass is 229 g/mol. The van der Waals surface area contributed by atoms with Crippen molar-refractivity contribution >= 4 is 16.9 Å². The Bertz CT molecular complexity index is 583. The smallest absolute Gasteiger partial charge is 0.310 e. The zero-order valence-corrected chi connectivity index (χ0v) is 9.88. The molecule has 0 atom stereocenters. The lowest BCUT2D eigenvalue weighted by Gasteiger charge is -2.02. The number of ether oxygens (including phenoxy) is 1. The number of benzene rings is 1. The molecule has 1 aromatic heterocycles. The number of rotatable bonds is 2. The minimum atomic E-state index is -0.189. The van der Waals surface area contributed by atoms with Crippen molar-refractivity contribution in [2.45, 2.75) is 25.7 Å². The number of carbonyl (C=O) groups excluding carboxylic acids is 1. The van der Waals surface area contributed by atoms with Gasteiger partial charge >= 0.3 is 5.97 Å². The molecule has 0 bridgehead atoms. The van der Waals surface area contributed by atoms with Crippen molar-refractivity contribution in [2.75, 3.05) is 7.11 Å². The summed E-state index contributed by atoms with van der Waals surface area (Å²) in [6.45, 7) is 0. The third kappa shape index (κ3) is 1.71. The number of fused-ring (bicyclic) bond motifs is 2. The Labute approximate surface area is 99.8 Å². The first kappa shape index (κ1) is 10.4. The van der Waals surface area contributed by atoms with Gasteiger partial charge in [-0.15, -0.1) is 0 Å². The predicted octanol–water partition coefficient (Wildman–Crippen LogP) is 2.37. The normalized spacial score (nSPS) is 13.9. The molecule has 88 valence electrons. The number of aromatic amines is 1. The Morgan fingerprint density at radius 1 is 1.35 bits per heavy atom. The predicted molar refractivity (Wildman–Crippen MR) is 66.0 cm³/mol. The Morgan fingerprint density at radius 3 is 2.88 bits per heavy atom. The first-order valence-electron chi connectivity index (χ1n) is 5.96. The summed E-state index contributed by atoms with van der Waals surface area (Å²) in [4.78, 5) is 14.6. The van der Waals surface area contributed by atoms with Crippen LogP contribution in [0.25, 0.3) is 10.9 Å². The highest BCUT2D eigenvalue weighted by molar-refractivity contribution is 5.88. The number of methoxy groups -OCH3 is 1. The quantitative estimate of drug-likeness (QED) is 0.803. The minimum Gasteiger partial charge on any atom is -0.469 e. The van der Waals surface area contributed by atoms with Crippen molar-refractivity contribution in [3.63, 3.8) is 0 Å². The molecular formula is C14H15NO2. The van der Waals surface area contributed by atoms with Crippen LogP contribution in [0.4, 0.5) is 0 Å². The lowest BCUT2D eigenvalue weighted by Crippen LogP contribution is -2.03. The van der Waals surface area contributed by atoms with Gasteiger partial charge in [-0.3, -0.25) is 4.79 Å². The summed E-state index contributed by atoms with van der Waals surface area (Å²) in [5.41, 5.74) is 5.04. The molecule has 17 heavy (non-hydrogen) atoms. The molecule has 0 spiro atoms. The Balaban J connectivity index is 2.06. The van der Waals surface area contributed by atoms with Crippen LogP contribution in [0.2, 0.25) is 0 Å². The Hall–Kier alpha value is -1.77. The van der Waals surface area contributed by atoms with Gasteiger partial charge in [0.2, 0.25) is 0 Å². The second-order valence-corrected chi connectivity index (χ2v) is 4.59. The van der Waals surface area contributed by atoms with Crippen LogP contribution in [0.1, 0.15) is 23.1 Å². The van der Waals surface area contributed by atoms with E-state index < -0.39 is 0 Å². The van der Waals surface area contributed by atoms with E-state index >= 15 is 0 Å². The van der Waals surface area contributed by atoms with E-state index in [2.05, 4.69) is 17.1 Å². The Kier molecular flexibility index (Phi) is 2.39. The number of H-pyrrole nitrogens is 1. The maximum atomic E-state index is 11.3. The van der Waals surface area contributed by atoms with Crippen molar-refractivity contribution < 1.29 is 9.53 Å². The molecule has 1 aliphatic carbocycles. The van der Waals surface area contributed by atoms with E-state index in [0.717, 1.165) is 22.9 Å². The average Bonchev–Trinajstić information content (AvgIpc) is 2.93. The molecule has 0 fully saturated rings. The van der Waals surface area contributed by atoms with Crippen LogP contribution >= 0.6 is 0 Å². The van der Waals surface area contributed by atoms with Crippen LogP contribution < -0.4 is 0 Å². The lowest BCUT2D eigenvalue weighted by atomic mass is 10.0. The highest BCUT2D eigenvalue weighted by Crippen LogP contribution is 2.29. The molecule has 1 aliphatic rings. The van der Waals surface area contributed by atoms with E-state index in [4.69, 9.17) is 4.74 Å². The number of carbonyl (C=O) groups is 1. The van der Waals surface area contributed by atoms with Gasteiger partial charge in [-0.2, -0.15) is 0 Å². The van der Waals surface area contributed by atoms with Crippen LogP contribution in [0.15, 0.2) is 18.3 Å². The molecule has 2 aromatic rings. The van der Waals surface area contributed by atoms with Crippen molar-refractivity contribution in [2.24, 2.45) is 0 Å². The van der Waals surface area contributed by atoms with Crippen LogP contribution in [-0.2, 0) is 28.8 Å². The second kappa shape index (κ2) is 3.91. The van der Waals surface area contributed by atoms with Crippen LogP contribution in [0.5, 0.6) is 0 Å². The average molecular weight is 229 g/mol. The van der Waals surface area contributed by atoms with E-state index in [-0.39, 0.29) is 5.97 Å². The van der Waals surface area contributed by atoms with E-state index in [9.17, 15) is 4.79 Å². The molecule has 3 nitrogen and oxygen atoms in total. The SMILES string of the molecule is COC(=O)Cc1c[nH]c2cc3c(cc12)CCC3. The van der Waals surface area contributed by atoms with Crippen LogP contribution in [0, 0.1) is 0 Å². The van der Waals surface area contributed by atoms with Gasteiger partial charge in [0.1, 0.15) is 0 Å². The van der Waals surface area contributed by atoms with Crippen molar-refractivity contribution in [1.29, 1.82) is 0 Å². The van der Waals surface area contributed by atoms with E-state index in [1.165, 1.54) is 31.1 Å². The number of hydrogen-bond donors (Lipinski definition) is 1. The fourth-order valence-corrected chi connectivity index (χ4v) is 2.63. The number of aryl methyl sites for hydroxylation is 2. The number of esters is 1. The third-order valence-electron chi connectivity index (χ3n) is 3.54. The second-order valence-electron chi connectivity index (χ2n) is 4.59. The van der Waals surface area contributed by atoms with Crippen molar-refractivity contribution in [3.8, 4) is 0 Å². The third-order valence-corrected chi connectivity index (χ3v) is 3.54. The van der Waals surface area contributed by atoms with Gasteiger partial charge in [-0.1, -0.05) is 0 Å². The van der Waals surface area contributed by atoms with E-state index in [1.54, 1.807) is 0 Å². The molecule has 0 unspecified atom stereocenters. The van der Waals surface area contributed by atoms with Gasteiger partial charge in [0.05, 0.1) is 13.5 Å². The first-order chi connectivity index (χ1) is 8.28. The summed E-state index contributed by atoms with van der Waals surface area (Å²) < 4.78 is 4.71. The molecule has 3 heteroatoms. The van der Waals surface area contributed by atoms with Gasteiger partial charge in [-0.05, 0) is 48.1 Å². The zero-order valence-electron chi connectivity index (χ0n) is 9.88. The van der Waals surface area contributed by atoms with Gasteiger partial charge < -0.3 is 9.72 Å².